The Bertz CT molecular complexity index is 929. The van der Waals surface area contributed by atoms with E-state index in [2.05, 4.69) is 46.0 Å². The molecule has 0 unspecified atom stereocenters. The van der Waals surface area contributed by atoms with Crippen LogP contribution in [0.3, 0.4) is 0 Å². The molecule has 6 nitrogen and oxygen atoms in total. The number of hydrogen-bond acceptors (Lipinski definition) is 5. The number of carbonyl (C=O) groups is 1. The SMILES string of the molecule is COc1ccc(F)c(N2CCC(N(C)c3ccc(N4CCC[C@@H]4CC(=O)O)cc3)CC2)c1. The molecule has 0 spiro atoms. The van der Waals surface area contributed by atoms with Crippen molar-refractivity contribution < 1.29 is 19.0 Å². The van der Waals surface area contributed by atoms with E-state index in [4.69, 9.17) is 9.84 Å². The molecule has 0 bridgehead atoms. The number of carboxylic acid groups (broad SMARTS) is 1. The van der Waals surface area contributed by atoms with Crippen molar-refractivity contribution in [2.24, 2.45) is 0 Å². The summed E-state index contributed by atoms with van der Waals surface area (Å²) in [7, 11) is 3.71. The topological polar surface area (TPSA) is 56.2 Å². The normalized spacial score (nSPS) is 19.3. The highest BCUT2D eigenvalue weighted by molar-refractivity contribution is 5.69. The second kappa shape index (κ2) is 9.67. The lowest BCUT2D eigenvalue weighted by atomic mass is 10.0. The summed E-state index contributed by atoms with van der Waals surface area (Å²) in [5.41, 5.74) is 2.85. The van der Waals surface area contributed by atoms with Gasteiger partial charge in [-0.2, -0.15) is 0 Å². The van der Waals surface area contributed by atoms with E-state index >= 15 is 0 Å². The molecular formula is C25H32FN3O3. The van der Waals surface area contributed by atoms with Crippen molar-refractivity contribution in [3.63, 3.8) is 0 Å². The predicted molar refractivity (Wildman–Crippen MR) is 126 cm³/mol. The smallest absolute Gasteiger partial charge is 0.305 e. The number of hydrogen-bond donors (Lipinski definition) is 1. The van der Waals surface area contributed by atoms with E-state index in [1.165, 1.54) is 6.07 Å². The Morgan fingerprint density at radius 3 is 2.50 bits per heavy atom. The van der Waals surface area contributed by atoms with Crippen molar-refractivity contribution in [1.29, 1.82) is 0 Å². The average Bonchev–Trinajstić information content (AvgIpc) is 3.26. The number of carboxylic acids is 1. The fourth-order valence-corrected chi connectivity index (χ4v) is 5.04. The number of anilines is 3. The highest BCUT2D eigenvalue weighted by atomic mass is 19.1. The van der Waals surface area contributed by atoms with Crippen LogP contribution in [0, 0.1) is 5.82 Å². The third-order valence-corrected chi connectivity index (χ3v) is 6.88. The van der Waals surface area contributed by atoms with Gasteiger partial charge >= 0.3 is 5.97 Å². The summed E-state index contributed by atoms with van der Waals surface area (Å²) in [5, 5.41) is 9.17. The van der Waals surface area contributed by atoms with Gasteiger partial charge in [-0.1, -0.05) is 0 Å². The van der Waals surface area contributed by atoms with Gasteiger partial charge in [0, 0.05) is 56.2 Å². The summed E-state index contributed by atoms with van der Waals surface area (Å²) in [6.07, 6.45) is 4.05. The first-order valence-electron chi connectivity index (χ1n) is 11.4. The quantitative estimate of drug-likeness (QED) is 0.688. The number of halogens is 1. The van der Waals surface area contributed by atoms with Crippen molar-refractivity contribution in [3.05, 3.63) is 48.3 Å². The van der Waals surface area contributed by atoms with Gasteiger partial charge in [-0.15, -0.1) is 0 Å². The fourth-order valence-electron chi connectivity index (χ4n) is 5.04. The summed E-state index contributed by atoms with van der Waals surface area (Å²) in [6.45, 7) is 2.50. The minimum atomic E-state index is -0.738. The Hall–Kier alpha value is -2.96. The van der Waals surface area contributed by atoms with E-state index in [0.29, 0.717) is 17.5 Å². The number of benzene rings is 2. The van der Waals surface area contributed by atoms with Gasteiger partial charge in [0.05, 0.1) is 19.2 Å². The minimum absolute atomic E-state index is 0.0809. The fraction of sp³-hybridized carbons (Fsp3) is 0.480. The largest absolute Gasteiger partial charge is 0.497 e. The average molecular weight is 442 g/mol. The van der Waals surface area contributed by atoms with Crippen molar-refractivity contribution in [2.45, 2.75) is 44.2 Å². The molecule has 0 aliphatic carbocycles. The zero-order valence-electron chi connectivity index (χ0n) is 18.8. The van der Waals surface area contributed by atoms with Crippen LogP contribution in [-0.4, -0.2) is 57.0 Å². The van der Waals surface area contributed by atoms with Crippen LogP contribution in [0.25, 0.3) is 0 Å². The molecule has 0 radical (unpaired) electrons. The molecule has 2 aliphatic heterocycles. The standard InChI is InChI=1S/C25H32FN3O3/c1-27(18-5-7-20(8-6-18)29-13-3-4-21(29)16-25(30)31)19-11-14-28(15-12-19)24-17-22(32-2)9-10-23(24)26/h5-10,17,19,21H,3-4,11-16H2,1-2H3,(H,30,31)/t21-/m1/s1. The van der Waals surface area contributed by atoms with Gasteiger partial charge < -0.3 is 24.5 Å². The Labute approximate surface area is 189 Å². The first-order chi connectivity index (χ1) is 15.5. The molecule has 0 saturated carbocycles. The van der Waals surface area contributed by atoms with Crippen LogP contribution in [0.1, 0.15) is 32.1 Å². The highest BCUT2D eigenvalue weighted by Gasteiger charge is 2.28. The number of rotatable bonds is 7. The maximum absolute atomic E-state index is 14.3. The number of piperidine rings is 1. The summed E-state index contributed by atoms with van der Waals surface area (Å²) in [6, 6.07) is 13.8. The maximum atomic E-state index is 14.3. The molecule has 32 heavy (non-hydrogen) atoms. The summed E-state index contributed by atoms with van der Waals surface area (Å²) in [5.74, 6) is -0.279. The molecule has 2 aromatic rings. The molecule has 7 heteroatoms. The van der Waals surface area contributed by atoms with Gasteiger partial charge in [0.2, 0.25) is 0 Å². The monoisotopic (exact) mass is 441 g/mol. The predicted octanol–water partition coefficient (Wildman–Crippen LogP) is 4.38. The van der Waals surface area contributed by atoms with Crippen molar-refractivity contribution in [1.82, 2.24) is 0 Å². The third kappa shape index (κ3) is 4.76. The van der Waals surface area contributed by atoms with E-state index in [9.17, 15) is 9.18 Å². The minimum Gasteiger partial charge on any atom is -0.497 e. The van der Waals surface area contributed by atoms with Gasteiger partial charge in [0.1, 0.15) is 11.6 Å². The van der Waals surface area contributed by atoms with E-state index in [-0.39, 0.29) is 18.3 Å². The van der Waals surface area contributed by atoms with Crippen LogP contribution in [0.15, 0.2) is 42.5 Å². The molecule has 2 fully saturated rings. The Morgan fingerprint density at radius 1 is 1.12 bits per heavy atom. The highest BCUT2D eigenvalue weighted by Crippen LogP contribution is 2.32. The summed E-state index contributed by atoms with van der Waals surface area (Å²) >= 11 is 0. The number of aliphatic carboxylic acids is 1. The van der Waals surface area contributed by atoms with Crippen molar-refractivity contribution in [3.8, 4) is 5.75 Å². The molecule has 4 rings (SSSR count). The number of nitrogens with zero attached hydrogens (tertiary/aromatic N) is 3. The molecule has 1 N–H and O–H groups in total. The van der Waals surface area contributed by atoms with Gasteiger partial charge in [-0.25, -0.2) is 4.39 Å². The summed E-state index contributed by atoms with van der Waals surface area (Å²) in [4.78, 5) is 17.8. The Morgan fingerprint density at radius 2 is 1.84 bits per heavy atom. The van der Waals surface area contributed by atoms with Crippen LogP contribution >= 0.6 is 0 Å². The first-order valence-corrected chi connectivity index (χ1v) is 11.4. The lowest BCUT2D eigenvalue weighted by Gasteiger charge is -2.39. The van der Waals surface area contributed by atoms with Crippen LogP contribution in [0.2, 0.25) is 0 Å². The van der Waals surface area contributed by atoms with Gasteiger partial charge in [-0.3, -0.25) is 4.79 Å². The number of ether oxygens (including phenoxy) is 1. The molecule has 1 atom stereocenters. The van der Waals surface area contributed by atoms with E-state index < -0.39 is 5.97 Å². The molecule has 0 amide bonds. The van der Waals surface area contributed by atoms with E-state index in [1.807, 2.05) is 0 Å². The lowest BCUT2D eigenvalue weighted by molar-refractivity contribution is -0.137. The third-order valence-electron chi connectivity index (χ3n) is 6.88. The zero-order chi connectivity index (χ0) is 22.7. The molecule has 2 aromatic carbocycles. The van der Waals surface area contributed by atoms with Crippen LogP contribution < -0.4 is 19.4 Å². The summed E-state index contributed by atoms with van der Waals surface area (Å²) < 4.78 is 19.6. The molecule has 2 saturated heterocycles. The maximum Gasteiger partial charge on any atom is 0.305 e. The molecule has 0 aromatic heterocycles. The van der Waals surface area contributed by atoms with Crippen molar-refractivity contribution in [2.75, 3.05) is 48.5 Å². The van der Waals surface area contributed by atoms with Gasteiger partial charge in [0.25, 0.3) is 0 Å². The van der Waals surface area contributed by atoms with Crippen LogP contribution in [0.5, 0.6) is 5.75 Å². The second-order valence-electron chi connectivity index (χ2n) is 8.75. The Kier molecular flexibility index (Phi) is 6.72. The number of methoxy groups -OCH3 is 1. The van der Waals surface area contributed by atoms with Crippen molar-refractivity contribution >= 4 is 23.0 Å². The Balaban J connectivity index is 1.37. The molecule has 2 heterocycles. The van der Waals surface area contributed by atoms with E-state index in [1.54, 1.807) is 19.2 Å². The first kappa shape index (κ1) is 22.2. The van der Waals surface area contributed by atoms with Crippen LogP contribution in [-0.2, 0) is 4.79 Å². The molecule has 2 aliphatic rings. The second-order valence-corrected chi connectivity index (χ2v) is 8.75. The molecular weight excluding hydrogens is 409 g/mol. The molecule has 172 valence electrons. The van der Waals surface area contributed by atoms with Gasteiger partial charge in [0.15, 0.2) is 0 Å². The lowest BCUT2D eigenvalue weighted by Crippen LogP contribution is -2.43. The zero-order valence-corrected chi connectivity index (χ0v) is 18.8. The van der Waals surface area contributed by atoms with Crippen LogP contribution in [0.4, 0.5) is 21.5 Å². The van der Waals surface area contributed by atoms with E-state index in [0.717, 1.165) is 56.7 Å². The van der Waals surface area contributed by atoms with Gasteiger partial charge in [-0.05, 0) is 62.1 Å².